The Hall–Kier alpha value is -2.15. The van der Waals surface area contributed by atoms with E-state index in [0.717, 1.165) is 42.3 Å². The van der Waals surface area contributed by atoms with Crippen molar-refractivity contribution in [1.29, 1.82) is 0 Å². The maximum absolute atomic E-state index is 12.7. The highest BCUT2D eigenvalue weighted by molar-refractivity contribution is 6.35. The van der Waals surface area contributed by atoms with Crippen LogP contribution < -0.4 is 5.32 Å². The van der Waals surface area contributed by atoms with E-state index in [9.17, 15) is 4.79 Å². The third kappa shape index (κ3) is 3.52. The molecule has 1 atom stereocenters. The lowest BCUT2D eigenvalue weighted by molar-refractivity contribution is -0.0366. The van der Waals surface area contributed by atoms with Gasteiger partial charge in [-0.2, -0.15) is 5.10 Å². The number of pyridine rings is 1. The van der Waals surface area contributed by atoms with Gasteiger partial charge in [-0.25, -0.2) is 9.67 Å². The van der Waals surface area contributed by atoms with Crippen LogP contribution in [0.3, 0.4) is 0 Å². The molecule has 27 heavy (non-hydrogen) atoms. The molecule has 0 saturated carbocycles. The summed E-state index contributed by atoms with van der Waals surface area (Å²) in [6.45, 7) is 2.68. The minimum Gasteiger partial charge on any atom is -0.356 e. The van der Waals surface area contributed by atoms with E-state index in [1.54, 1.807) is 12.3 Å². The van der Waals surface area contributed by atoms with Crippen LogP contribution in [0.25, 0.3) is 10.9 Å². The van der Waals surface area contributed by atoms with Crippen molar-refractivity contribution in [2.24, 2.45) is 0 Å². The first kappa shape index (κ1) is 18.2. The summed E-state index contributed by atoms with van der Waals surface area (Å²) in [5, 5.41) is 8.62. The van der Waals surface area contributed by atoms with Crippen molar-refractivity contribution in [3.63, 3.8) is 0 Å². The first-order valence-electron chi connectivity index (χ1n) is 8.76. The van der Waals surface area contributed by atoms with E-state index in [4.69, 9.17) is 27.9 Å². The molecule has 1 N–H and O–H groups in total. The topological polar surface area (TPSA) is 69.0 Å². The van der Waals surface area contributed by atoms with E-state index in [1.807, 2.05) is 23.7 Å². The Morgan fingerprint density at radius 3 is 2.85 bits per heavy atom. The molecule has 1 fully saturated rings. The van der Waals surface area contributed by atoms with Gasteiger partial charge in [-0.1, -0.05) is 29.3 Å². The molecular weight excluding hydrogens is 387 g/mol. The Kier molecular flexibility index (Phi) is 5.04. The molecule has 1 aromatic carbocycles. The molecule has 0 bridgehead atoms. The monoisotopic (exact) mass is 404 g/mol. The Bertz CT molecular complexity index is 1010. The van der Waals surface area contributed by atoms with Crippen molar-refractivity contribution >= 4 is 45.7 Å². The summed E-state index contributed by atoms with van der Waals surface area (Å²) in [6, 6.07) is 7.05. The van der Waals surface area contributed by atoms with E-state index in [-0.39, 0.29) is 28.0 Å². The van der Waals surface area contributed by atoms with E-state index in [1.165, 1.54) is 6.07 Å². The number of rotatable bonds is 3. The Labute approximate surface area is 166 Å². The molecule has 1 aliphatic heterocycles. The molecule has 0 aliphatic carbocycles. The number of carbonyl (C=O) groups is 1. The lowest BCUT2D eigenvalue weighted by Gasteiger charge is -2.23. The number of hydrogen-bond acceptors (Lipinski definition) is 4. The number of nitrogens with one attached hydrogen (secondary N) is 1. The number of anilines is 1. The second-order valence-corrected chi connectivity index (χ2v) is 7.27. The summed E-state index contributed by atoms with van der Waals surface area (Å²) in [4.78, 5) is 16.6. The number of carbonyl (C=O) groups excluding carboxylic acids is 1. The van der Waals surface area contributed by atoms with Crippen molar-refractivity contribution in [3.8, 4) is 0 Å². The zero-order valence-electron chi connectivity index (χ0n) is 14.7. The smallest absolute Gasteiger partial charge is 0.258 e. The molecule has 3 aromatic rings. The van der Waals surface area contributed by atoms with Crippen LogP contribution in [-0.4, -0.2) is 27.3 Å². The molecule has 8 heteroatoms. The Morgan fingerprint density at radius 1 is 1.26 bits per heavy atom. The third-order valence-electron chi connectivity index (χ3n) is 4.72. The number of fused-ring (bicyclic) bond motifs is 1. The largest absolute Gasteiger partial charge is 0.356 e. The number of halogens is 2. The van der Waals surface area contributed by atoms with Crippen molar-refractivity contribution in [2.45, 2.75) is 32.4 Å². The zero-order chi connectivity index (χ0) is 19.0. The van der Waals surface area contributed by atoms with Gasteiger partial charge in [0.05, 0.1) is 23.0 Å². The van der Waals surface area contributed by atoms with E-state index >= 15 is 0 Å². The molecule has 4 rings (SSSR count). The standard InChI is InChI=1S/C19H18Cl2N4O2/c1-11-5-7-14-13(10-22-25(14)16-4-2-3-9-27-16)17(11)24-19(26)12-6-8-15(20)23-18(12)21/h5-8,10,16H,2-4,9H2,1H3,(H,24,26). The fraction of sp³-hybridized carbons (Fsp3) is 0.316. The fourth-order valence-corrected chi connectivity index (χ4v) is 3.74. The molecule has 1 amide bonds. The minimum absolute atomic E-state index is 0.0659. The van der Waals surface area contributed by atoms with Gasteiger partial charge in [-0.05, 0) is 49.9 Å². The van der Waals surface area contributed by atoms with E-state index in [0.29, 0.717) is 5.69 Å². The normalized spacial score (nSPS) is 17.2. The van der Waals surface area contributed by atoms with Crippen LogP contribution in [0.5, 0.6) is 0 Å². The van der Waals surface area contributed by atoms with Crippen LogP contribution in [0.15, 0.2) is 30.5 Å². The molecule has 1 unspecified atom stereocenters. The molecule has 0 spiro atoms. The van der Waals surface area contributed by atoms with E-state index < -0.39 is 0 Å². The molecule has 6 nitrogen and oxygen atoms in total. The van der Waals surface area contributed by atoms with Crippen LogP contribution in [0.1, 0.15) is 41.4 Å². The van der Waals surface area contributed by atoms with Gasteiger partial charge < -0.3 is 10.1 Å². The molecule has 2 aromatic heterocycles. The van der Waals surface area contributed by atoms with Gasteiger partial charge in [0.15, 0.2) is 6.23 Å². The minimum atomic E-state index is -0.346. The lowest BCUT2D eigenvalue weighted by Crippen LogP contribution is -2.19. The lowest BCUT2D eigenvalue weighted by atomic mass is 10.1. The van der Waals surface area contributed by atoms with Crippen LogP contribution >= 0.6 is 23.2 Å². The summed E-state index contributed by atoms with van der Waals surface area (Å²) >= 11 is 11.9. The summed E-state index contributed by atoms with van der Waals surface area (Å²) in [7, 11) is 0. The number of ether oxygens (including phenoxy) is 1. The summed E-state index contributed by atoms with van der Waals surface area (Å²) in [6.07, 6.45) is 4.81. The maximum Gasteiger partial charge on any atom is 0.258 e. The van der Waals surface area contributed by atoms with Crippen LogP contribution in [-0.2, 0) is 4.74 Å². The quantitative estimate of drug-likeness (QED) is 0.623. The van der Waals surface area contributed by atoms with Gasteiger partial charge in [-0.15, -0.1) is 0 Å². The molecule has 1 aliphatic rings. The highest BCUT2D eigenvalue weighted by Crippen LogP contribution is 2.32. The zero-order valence-corrected chi connectivity index (χ0v) is 16.2. The first-order valence-corrected chi connectivity index (χ1v) is 9.52. The SMILES string of the molecule is Cc1ccc2c(cnn2C2CCCCO2)c1NC(=O)c1ccc(Cl)nc1Cl. The molecule has 3 heterocycles. The van der Waals surface area contributed by atoms with Gasteiger partial charge in [0.25, 0.3) is 5.91 Å². The van der Waals surface area contributed by atoms with Crippen molar-refractivity contribution in [1.82, 2.24) is 14.8 Å². The van der Waals surface area contributed by atoms with Gasteiger partial charge in [0.1, 0.15) is 10.3 Å². The van der Waals surface area contributed by atoms with Crippen molar-refractivity contribution in [2.75, 3.05) is 11.9 Å². The van der Waals surface area contributed by atoms with Crippen LogP contribution in [0.4, 0.5) is 5.69 Å². The highest BCUT2D eigenvalue weighted by atomic mass is 35.5. The average Bonchev–Trinajstić information content (AvgIpc) is 3.09. The maximum atomic E-state index is 12.7. The second kappa shape index (κ2) is 7.46. The van der Waals surface area contributed by atoms with Gasteiger partial charge in [0.2, 0.25) is 0 Å². The van der Waals surface area contributed by atoms with Crippen molar-refractivity contribution in [3.05, 3.63) is 51.9 Å². The molecule has 0 radical (unpaired) electrons. The Balaban J connectivity index is 1.70. The first-order chi connectivity index (χ1) is 13.0. The average molecular weight is 405 g/mol. The van der Waals surface area contributed by atoms with Crippen LogP contribution in [0, 0.1) is 6.92 Å². The van der Waals surface area contributed by atoms with Gasteiger partial charge >= 0.3 is 0 Å². The predicted octanol–water partition coefficient (Wildman–Crippen LogP) is 5.00. The summed E-state index contributed by atoms with van der Waals surface area (Å²) < 4.78 is 7.74. The summed E-state index contributed by atoms with van der Waals surface area (Å²) in [5.74, 6) is -0.346. The number of hydrogen-bond donors (Lipinski definition) is 1. The molecule has 140 valence electrons. The second-order valence-electron chi connectivity index (χ2n) is 6.53. The number of nitrogens with zero attached hydrogens (tertiary/aromatic N) is 3. The molecular formula is C19H18Cl2N4O2. The van der Waals surface area contributed by atoms with Gasteiger partial charge in [-0.3, -0.25) is 4.79 Å². The number of aromatic nitrogens is 3. The summed E-state index contributed by atoms with van der Waals surface area (Å²) in [5.41, 5.74) is 2.81. The van der Waals surface area contributed by atoms with E-state index in [2.05, 4.69) is 15.4 Å². The number of benzene rings is 1. The van der Waals surface area contributed by atoms with Crippen LogP contribution in [0.2, 0.25) is 10.3 Å². The number of aryl methyl sites for hydroxylation is 1. The fourth-order valence-electron chi connectivity index (χ4n) is 3.30. The Morgan fingerprint density at radius 2 is 2.11 bits per heavy atom. The highest BCUT2D eigenvalue weighted by Gasteiger charge is 2.21. The predicted molar refractivity (Wildman–Crippen MR) is 106 cm³/mol. The molecule has 1 saturated heterocycles. The van der Waals surface area contributed by atoms with Crippen molar-refractivity contribution < 1.29 is 9.53 Å². The van der Waals surface area contributed by atoms with Gasteiger partial charge in [0, 0.05) is 12.0 Å². The number of amides is 1. The third-order valence-corrected chi connectivity index (χ3v) is 5.21.